The molecule has 1 fully saturated rings. The smallest absolute Gasteiger partial charge is 0.253 e. The third kappa shape index (κ3) is 1.95. The first-order valence-electron chi connectivity index (χ1n) is 5.32. The van der Waals surface area contributed by atoms with E-state index in [0.717, 1.165) is 19.3 Å². The van der Waals surface area contributed by atoms with Gasteiger partial charge < -0.3 is 0 Å². The van der Waals surface area contributed by atoms with Crippen molar-refractivity contribution in [1.82, 2.24) is 4.90 Å². The molecule has 15 heavy (non-hydrogen) atoms. The molecule has 0 saturated heterocycles. The van der Waals surface area contributed by atoms with E-state index in [0.29, 0.717) is 5.25 Å². The lowest BCUT2D eigenvalue weighted by Crippen LogP contribution is -2.47. The number of carbonyl (C=O) groups is 2. The number of rotatable bonds is 2. The van der Waals surface area contributed by atoms with Gasteiger partial charge in [0.2, 0.25) is 0 Å². The van der Waals surface area contributed by atoms with Crippen LogP contribution in [0.1, 0.15) is 25.7 Å². The van der Waals surface area contributed by atoms with Crippen molar-refractivity contribution >= 4 is 23.6 Å². The lowest BCUT2D eigenvalue weighted by Gasteiger charge is -2.35. The first-order valence-corrected chi connectivity index (χ1v) is 6.61. The number of amides is 2. The fourth-order valence-corrected chi connectivity index (χ4v) is 3.36. The number of thioether (sulfide) groups is 1. The zero-order chi connectivity index (χ0) is 10.8. The minimum Gasteiger partial charge on any atom is -0.271 e. The van der Waals surface area contributed by atoms with Crippen LogP contribution in [-0.2, 0) is 9.59 Å². The van der Waals surface area contributed by atoms with E-state index in [2.05, 4.69) is 6.26 Å². The van der Waals surface area contributed by atoms with Crippen LogP contribution in [0.2, 0.25) is 0 Å². The lowest BCUT2D eigenvalue weighted by molar-refractivity contribution is -0.140. The Balaban J connectivity index is 2.14. The Hall–Kier alpha value is -0.770. The number of imide groups is 1. The molecule has 0 aromatic rings. The zero-order valence-corrected chi connectivity index (χ0v) is 9.63. The maximum absolute atomic E-state index is 11.6. The summed E-state index contributed by atoms with van der Waals surface area (Å²) in [6.07, 6.45) is 9.24. The molecule has 0 aromatic heterocycles. The molecule has 1 aliphatic heterocycles. The van der Waals surface area contributed by atoms with Crippen LogP contribution in [0.25, 0.3) is 0 Å². The molecule has 2 rings (SSSR count). The van der Waals surface area contributed by atoms with Gasteiger partial charge in [0.1, 0.15) is 0 Å². The van der Waals surface area contributed by atoms with Gasteiger partial charge in [0, 0.05) is 17.4 Å². The number of hydrogen-bond donors (Lipinski definition) is 0. The maximum atomic E-state index is 11.6. The van der Waals surface area contributed by atoms with E-state index in [-0.39, 0.29) is 17.9 Å². The summed E-state index contributed by atoms with van der Waals surface area (Å²) < 4.78 is 0. The van der Waals surface area contributed by atoms with Crippen molar-refractivity contribution in [3.05, 3.63) is 12.2 Å². The second-order valence-corrected chi connectivity index (χ2v) is 5.08. The fourth-order valence-electron chi connectivity index (χ4n) is 2.39. The van der Waals surface area contributed by atoms with Crippen molar-refractivity contribution in [2.24, 2.45) is 0 Å². The Kier molecular flexibility index (Phi) is 3.14. The summed E-state index contributed by atoms with van der Waals surface area (Å²) in [6.45, 7) is 0. The van der Waals surface area contributed by atoms with Crippen LogP contribution in [-0.4, -0.2) is 34.3 Å². The summed E-state index contributed by atoms with van der Waals surface area (Å²) in [4.78, 5) is 24.6. The molecule has 0 aromatic carbocycles. The van der Waals surface area contributed by atoms with Gasteiger partial charge in [0.15, 0.2) is 0 Å². The minimum atomic E-state index is -0.133. The molecule has 0 N–H and O–H groups in total. The van der Waals surface area contributed by atoms with E-state index in [1.165, 1.54) is 23.5 Å². The lowest BCUT2D eigenvalue weighted by atomic mass is 9.93. The maximum Gasteiger partial charge on any atom is 0.253 e. The molecule has 2 atom stereocenters. The largest absolute Gasteiger partial charge is 0.271 e. The van der Waals surface area contributed by atoms with Crippen LogP contribution in [0.15, 0.2) is 12.2 Å². The van der Waals surface area contributed by atoms with Crippen molar-refractivity contribution in [3.8, 4) is 0 Å². The number of nitrogens with zero attached hydrogens (tertiary/aromatic N) is 1. The predicted octanol–water partition coefficient (Wildman–Crippen LogP) is 1.59. The summed E-state index contributed by atoms with van der Waals surface area (Å²) in [5, 5.41) is 0.423. The molecule has 4 heteroatoms. The highest BCUT2D eigenvalue weighted by molar-refractivity contribution is 7.99. The highest BCUT2D eigenvalue weighted by Gasteiger charge is 2.36. The Morgan fingerprint density at radius 3 is 2.40 bits per heavy atom. The average Bonchev–Trinajstić information content (AvgIpc) is 2.59. The predicted molar refractivity (Wildman–Crippen MR) is 60.6 cm³/mol. The van der Waals surface area contributed by atoms with Crippen LogP contribution in [0.3, 0.4) is 0 Å². The molecule has 2 amide bonds. The van der Waals surface area contributed by atoms with Gasteiger partial charge in [-0.25, -0.2) is 0 Å². The molecule has 2 unspecified atom stereocenters. The average molecular weight is 225 g/mol. The molecule has 1 aliphatic carbocycles. The van der Waals surface area contributed by atoms with Crippen LogP contribution in [0.4, 0.5) is 0 Å². The summed E-state index contributed by atoms with van der Waals surface area (Å²) in [6, 6.07) is 0.115. The summed E-state index contributed by atoms with van der Waals surface area (Å²) in [5.74, 6) is -0.267. The van der Waals surface area contributed by atoms with Gasteiger partial charge in [-0.15, -0.1) is 0 Å². The van der Waals surface area contributed by atoms with Gasteiger partial charge >= 0.3 is 0 Å². The van der Waals surface area contributed by atoms with Gasteiger partial charge in [-0.05, 0) is 19.1 Å². The summed E-state index contributed by atoms with van der Waals surface area (Å²) >= 11 is 1.77. The SMILES string of the molecule is CSC1CCCCC1N1C(=O)C=CC1=O. The van der Waals surface area contributed by atoms with E-state index in [4.69, 9.17) is 0 Å². The molecule has 0 bridgehead atoms. The second kappa shape index (κ2) is 4.39. The van der Waals surface area contributed by atoms with Gasteiger partial charge in [0.25, 0.3) is 11.8 Å². The standard InChI is InChI=1S/C11H15NO2S/c1-15-9-5-3-2-4-8(9)12-10(13)6-7-11(12)14/h6-9H,2-5H2,1H3. The minimum absolute atomic E-state index is 0.115. The monoisotopic (exact) mass is 225 g/mol. The third-order valence-electron chi connectivity index (χ3n) is 3.15. The highest BCUT2D eigenvalue weighted by atomic mass is 32.2. The zero-order valence-electron chi connectivity index (χ0n) is 8.81. The molecule has 3 nitrogen and oxygen atoms in total. The topological polar surface area (TPSA) is 37.4 Å². The Labute approximate surface area is 93.9 Å². The van der Waals surface area contributed by atoms with Gasteiger partial charge in [0.05, 0.1) is 6.04 Å². The fraction of sp³-hybridized carbons (Fsp3) is 0.636. The second-order valence-electron chi connectivity index (χ2n) is 4.01. The van der Waals surface area contributed by atoms with Crippen LogP contribution in [0.5, 0.6) is 0 Å². The van der Waals surface area contributed by atoms with E-state index in [1.54, 1.807) is 11.8 Å². The van der Waals surface area contributed by atoms with Gasteiger partial charge in [-0.2, -0.15) is 11.8 Å². The summed E-state index contributed by atoms with van der Waals surface area (Å²) in [7, 11) is 0. The first kappa shape index (κ1) is 10.7. The van der Waals surface area contributed by atoms with Crippen molar-refractivity contribution in [2.75, 3.05) is 6.26 Å². The Morgan fingerprint density at radius 1 is 1.20 bits per heavy atom. The molecule has 1 heterocycles. The molecule has 0 radical (unpaired) electrons. The number of carbonyl (C=O) groups excluding carboxylic acids is 2. The van der Waals surface area contributed by atoms with Crippen LogP contribution >= 0.6 is 11.8 Å². The number of hydrogen-bond acceptors (Lipinski definition) is 3. The van der Waals surface area contributed by atoms with Gasteiger partial charge in [-0.3, -0.25) is 14.5 Å². The Bertz CT molecular complexity index is 296. The van der Waals surface area contributed by atoms with Crippen LogP contribution in [0, 0.1) is 0 Å². The van der Waals surface area contributed by atoms with E-state index in [1.807, 2.05) is 0 Å². The third-order valence-corrected chi connectivity index (χ3v) is 4.30. The van der Waals surface area contributed by atoms with E-state index in [9.17, 15) is 9.59 Å². The van der Waals surface area contributed by atoms with E-state index < -0.39 is 0 Å². The molecular formula is C11H15NO2S. The highest BCUT2D eigenvalue weighted by Crippen LogP contribution is 2.32. The van der Waals surface area contributed by atoms with E-state index >= 15 is 0 Å². The molecule has 82 valence electrons. The summed E-state index contributed by atoms with van der Waals surface area (Å²) in [5.41, 5.74) is 0. The van der Waals surface area contributed by atoms with Crippen molar-refractivity contribution < 1.29 is 9.59 Å². The normalized spacial score (nSPS) is 31.4. The van der Waals surface area contributed by atoms with Crippen molar-refractivity contribution in [1.29, 1.82) is 0 Å². The van der Waals surface area contributed by atoms with Crippen molar-refractivity contribution in [2.45, 2.75) is 37.0 Å². The molecular weight excluding hydrogens is 210 g/mol. The quantitative estimate of drug-likeness (QED) is 0.670. The Morgan fingerprint density at radius 2 is 1.80 bits per heavy atom. The van der Waals surface area contributed by atoms with Crippen LogP contribution < -0.4 is 0 Å². The molecule has 1 saturated carbocycles. The molecule has 2 aliphatic rings. The van der Waals surface area contributed by atoms with Gasteiger partial charge in [-0.1, -0.05) is 12.8 Å². The van der Waals surface area contributed by atoms with Crippen molar-refractivity contribution in [3.63, 3.8) is 0 Å². The first-order chi connectivity index (χ1) is 7.24. The molecule has 0 spiro atoms.